The Labute approximate surface area is 139 Å². The summed E-state index contributed by atoms with van der Waals surface area (Å²) in [6.45, 7) is 8.55. The van der Waals surface area contributed by atoms with Crippen molar-refractivity contribution < 1.29 is 18.1 Å². The van der Waals surface area contributed by atoms with Crippen LogP contribution >= 0.6 is 11.2 Å². The van der Waals surface area contributed by atoms with Crippen LogP contribution in [0.4, 0.5) is 0 Å². The normalized spacial score (nSPS) is 10.9. The molecule has 86 valence electrons. The Hall–Kier alpha value is 1.75. The number of hydrogen-bond donors (Lipinski definition) is 0. The molecule has 0 bridgehead atoms. The van der Waals surface area contributed by atoms with Crippen molar-refractivity contribution in [3.63, 3.8) is 0 Å². The number of rotatable bonds is 7. The molecule has 7 heteroatoms. The second kappa shape index (κ2) is 10.9. The first-order chi connectivity index (χ1) is 6.60. The molecule has 0 heterocycles. The van der Waals surface area contributed by atoms with E-state index in [4.69, 9.17) is 13.3 Å². The zero-order valence-corrected chi connectivity index (χ0v) is 11.0. The maximum atomic E-state index is 11.0. The molecule has 0 atom stereocenters. The third kappa shape index (κ3) is 8.47. The van der Waals surface area contributed by atoms with Gasteiger partial charge in [-0.15, -0.1) is 0 Å². The Kier molecular flexibility index (Phi) is 13.9. The third-order valence-electron chi connectivity index (χ3n) is 1.23. The van der Waals surface area contributed by atoms with Gasteiger partial charge in [0.25, 0.3) is 0 Å². The summed E-state index contributed by atoms with van der Waals surface area (Å²) in [7, 11) is -2.79. The van der Waals surface area contributed by atoms with Gasteiger partial charge in [0.1, 0.15) is 0 Å². The Balaban J connectivity index is 0. The second-order valence-electron chi connectivity index (χ2n) is 2.39. The fraction of sp³-hybridized carbons (Fsp3) is 0.875. The summed E-state index contributed by atoms with van der Waals surface area (Å²) in [4.78, 5) is 11.0. The fourth-order valence-electron chi connectivity index (χ4n) is 0.920. The maximum absolute atomic E-state index is 11.0. The summed E-state index contributed by atoms with van der Waals surface area (Å²) in [6, 6.07) is 0. The monoisotopic (exact) mass is 278 g/mol. The van der Waals surface area contributed by atoms with Gasteiger partial charge in [0.05, 0.1) is 0 Å². The van der Waals surface area contributed by atoms with E-state index in [-0.39, 0.29) is 56.5 Å². The van der Waals surface area contributed by atoms with Crippen molar-refractivity contribution in [2.45, 2.75) is 27.7 Å². The van der Waals surface area contributed by atoms with Gasteiger partial charge in [-0.25, -0.2) is 0 Å². The molecule has 0 saturated carbocycles. The van der Waals surface area contributed by atoms with Crippen molar-refractivity contribution in [1.29, 1.82) is 0 Å². The Bertz CT molecular complexity index is 165. The number of carbonyl (C=O) groups is 1. The van der Waals surface area contributed by atoms with E-state index >= 15 is 0 Å². The molecule has 0 aliphatic rings. The first kappa shape index (κ1) is 19.1. The minimum atomic E-state index is -2.79. The van der Waals surface area contributed by atoms with Gasteiger partial charge >= 0.3 is 59.3 Å². The van der Waals surface area contributed by atoms with Crippen molar-refractivity contribution in [2.75, 3.05) is 19.8 Å². The van der Waals surface area contributed by atoms with E-state index in [2.05, 4.69) is 0 Å². The summed E-state index contributed by atoms with van der Waals surface area (Å²) < 4.78 is 16.4. The van der Waals surface area contributed by atoms with Crippen LogP contribution in [-0.2, 0) is 18.1 Å². The van der Waals surface area contributed by atoms with Crippen LogP contribution in [-0.4, -0.2) is 84.3 Å². The molecule has 0 amide bonds. The van der Waals surface area contributed by atoms with Crippen LogP contribution in [0.5, 0.6) is 0 Å². The van der Waals surface area contributed by atoms with Gasteiger partial charge in [0, 0.05) is 26.7 Å². The first-order valence-corrected chi connectivity index (χ1v) is 7.98. The van der Waals surface area contributed by atoms with Crippen LogP contribution in [0.3, 0.4) is 0 Å². The van der Waals surface area contributed by atoms with Crippen molar-refractivity contribution in [3.05, 3.63) is 0 Å². The quantitative estimate of drug-likeness (QED) is 0.654. The summed E-state index contributed by atoms with van der Waals surface area (Å²) in [5.74, 6) is 0. The van der Waals surface area contributed by atoms with Gasteiger partial charge < -0.3 is 13.3 Å². The zero-order chi connectivity index (χ0) is 11.0. The van der Waals surface area contributed by atoms with E-state index < -0.39 is 7.95 Å². The average Bonchev–Trinajstić information content (AvgIpc) is 2.03. The van der Waals surface area contributed by atoms with E-state index in [1.807, 2.05) is 20.8 Å². The van der Waals surface area contributed by atoms with Crippen LogP contribution < -0.4 is 0 Å². The van der Waals surface area contributed by atoms with Gasteiger partial charge in [0.2, 0.25) is 0 Å². The molecule has 0 aliphatic heterocycles. The fourth-order valence-corrected chi connectivity index (χ4v) is 5.41. The molecule has 0 aromatic carbocycles. The van der Waals surface area contributed by atoms with E-state index in [0.717, 1.165) is 11.2 Å². The van der Waals surface area contributed by atoms with Gasteiger partial charge in [0.15, 0.2) is 5.12 Å². The van der Waals surface area contributed by atoms with Crippen LogP contribution in [0.15, 0.2) is 0 Å². The van der Waals surface area contributed by atoms with Crippen LogP contribution in [0.2, 0.25) is 0 Å². The van der Waals surface area contributed by atoms with Gasteiger partial charge in [-0.05, 0) is 32.0 Å². The van der Waals surface area contributed by atoms with Crippen LogP contribution in [0.1, 0.15) is 27.7 Å². The van der Waals surface area contributed by atoms with Crippen molar-refractivity contribution in [1.82, 2.24) is 0 Å². The molecule has 0 radical (unpaired) electrons. The standard InChI is InChI=1S/C8H18O4SSi.K.H/c1-5-10-14(11-6-2,12-7-3)13-8(4)9;;/h5-7H2,1-4H3;;. The molecule has 0 aromatic heterocycles. The molecule has 0 saturated heterocycles. The van der Waals surface area contributed by atoms with Gasteiger partial charge in [-0.1, -0.05) is 0 Å². The molecule has 0 N–H and O–H groups in total. The van der Waals surface area contributed by atoms with Crippen molar-refractivity contribution in [2.24, 2.45) is 0 Å². The Morgan fingerprint density at radius 2 is 1.40 bits per heavy atom. The predicted molar refractivity (Wildman–Crippen MR) is 66.1 cm³/mol. The van der Waals surface area contributed by atoms with Crippen molar-refractivity contribution >= 4 is 75.7 Å². The first-order valence-electron chi connectivity index (χ1n) is 4.71. The molecule has 0 fully saturated rings. The Morgan fingerprint density at radius 3 is 1.60 bits per heavy atom. The predicted octanol–water partition coefficient (Wildman–Crippen LogP) is 1.16. The second-order valence-corrected chi connectivity index (χ2v) is 7.15. The van der Waals surface area contributed by atoms with E-state index in [1.54, 1.807) is 0 Å². The van der Waals surface area contributed by atoms with Gasteiger partial charge in [-0.3, -0.25) is 4.79 Å². The minimum absolute atomic E-state index is 0. The molecule has 15 heavy (non-hydrogen) atoms. The zero-order valence-electron chi connectivity index (χ0n) is 9.16. The topological polar surface area (TPSA) is 44.8 Å². The summed E-state index contributed by atoms with van der Waals surface area (Å²) in [5, 5.41) is -0.0352. The van der Waals surface area contributed by atoms with Gasteiger partial charge in [-0.2, -0.15) is 0 Å². The van der Waals surface area contributed by atoms with E-state index in [9.17, 15) is 4.79 Å². The third-order valence-corrected chi connectivity index (χ3v) is 6.37. The van der Waals surface area contributed by atoms with E-state index in [0.29, 0.717) is 19.8 Å². The molecule has 0 aliphatic carbocycles. The number of carbonyl (C=O) groups excluding carboxylic acids is 1. The SMILES string of the molecule is CCO[Si](OCC)(OCC)SC(C)=O.[KH]. The van der Waals surface area contributed by atoms with Crippen molar-refractivity contribution in [3.8, 4) is 0 Å². The van der Waals surface area contributed by atoms with E-state index in [1.165, 1.54) is 6.92 Å². The molecule has 4 nitrogen and oxygen atoms in total. The van der Waals surface area contributed by atoms with Crippen LogP contribution in [0.25, 0.3) is 0 Å². The molecular weight excluding hydrogens is 259 g/mol. The summed E-state index contributed by atoms with van der Waals surface area (Å²) in [5.41, 5.74) is 0. The van der Waals surface area contributed by atoms with Crippen LogP contribution in [0, 0.1) is 0 Å². The molecule has 0 rings (SSSR count). The molecule has 0 aromatic rings. The summed E-state index contributed by atoms with van der Waals surface area (Å²) in [6.07, 6.45) is 0. The Morgan fingerprint density at radius 1 is 1.07 bits per heavy atom. The molecule has 0 spiro atoms. The summed E-state index contributed by atoms with van der Waals surface area (Å²) >= 11 is 1.05. The molecule has 0 unspecified atom stereocenters. The number of hydrogen-bond acceptors (Lipinski definition) is 5. The average molecular weight is 278 g/mol. The molecular formula is C8H19KO4SSi.